The summed E-state index contributed by atoms with van der Waals surface area (Å²) in [6.45, 7) is 0.813. The maximum Gasteiger partial charge on any atom is 0.312 e. The van der Waals surface area contributed by atoms with Gasteiger partial charge >= 0.3 is 6.03 Å². The first-order valence-electron chi connectivity index (χ1n) is 4.22. The smallest absolute Gasteiger partial charge is 0.312 e. The number of amides is 2. The minimum absolute atomic E-state index is 0.287. The standard InChI is InChI=1S/C8H10N6O/c9-5-6-1-2-12-8(14-6)13-4-3-11-7(10)15/h1-2H,3-4H2,(H3,10,11,15)(H,12,13,14). The summed E-state index contributed by atoms with van der Waals surface area (Å²) < 4.78 is 0. The van der Waals surface area contributed by atoms with Crippen LogP contribution in [0.3, 0.4) is 0 Å². The van der Waals surface area contributed by atoms with E-state index in [0.29, 0.717) is 19.0 Å². The molecule has 15 heavy (non-hydrogen) atoms. The van der Waals surface area contributed by atoms with E-state index in [1.807, 2.05) is 6.07 Å². The zero-order valence-electron chi connectivity index (χ0n) is 7.90. The van der Waals surface area contributed by atoms with Gasteiger partial charge in [0.2, 0.25) is 5.95 Å². The van der Waals surface area contributed by atoms with Crippen molar-refractivity contribution in [3.8, 4) is 6.07 Å². The zero-order valence-corrected chi connectivity index (χ0v) is 7.90. The van der Waals surface area contributed by atoms with Crippen molar-refractivity contribution >= 4 is 12.0 Å². The van der Waals surface area contributed by atoms with E-state index in [9.17, 15) is 4.79 Å². The number of nitrogens with zero attached hydrogens (tertiary/aromatic N) is 3. The highest BCUT2D eigenvalue weighted by molar-refractivity contribution is 5.71. The second-order valence-corrected chi connectivity index (χ2v) is 2.60. The van der Waals surface area contributed by atoms with Crippen LogP contribution in [0.25, 0.3) is 0 Å². The predicted octanol–water partition coefficient (Wildman–Crippen LogP) is -0.572. The molecule has 0 aromatic carbocycles. The molecule has 1 rings (SSSR count). The highest BCUT2D eigenvalue weighted by Crippen LogP contribution is 1.97. The van der Waals surface area contributed by atoms with Crippen molar-refractivity contribution in [3.05, 3.63) is 18.0 Å². The SMILES string of the molecule is N#Cc1ccnc(NCCNC(N)=O)n1. The van der Waals surface area contributed by atoms with Crippen LogP contribution < -0.4 is 16.4 Å². The van der Waals surface area contributed by atoms with Gasteiger partial charge in [-0.2, -0.15) is 5.26 Å². The summed E-state index contributed by atoms with van der Waals surface area (Å²) in [5, 5.41) is 13.8. The Morgan fingerprint density at radius 1 is 1.60 bits per heavy atom. The van der Waals surface area contributed by atoms with Crippen molar-refractivity contribution in [2.24, 2.45) is 5.73 Å². The Kier molecular flexibility index (Phi) is 3.85. The highest BCUT2D eigenvalue weighted by atomic mass is 16.2. The lowest BCUT2D eigenvalue weighted by molar-refractivity contribution is 0.249. The topological polar surface area (TPSA) is 117 Å². The molecule has 1 aromatic heterocycles. The van der Waals surface area contributed by atoms with Gasteiger partial charge in [-0.15, -0.1) is 0 Å². The summed E-state index contributed by atoms with van der Waals surface area (Å²) in [7, 11) is 0. The fourth-order valence-electron chi connectivity index (χ4n) is 0.866. The lowest BCUT2D eigenvalue weighted by Crippen LogP contribution is -2.33. The Bertz CT molecular complexity index is 385. The molecule has 2 amide bonds. The highest BCUT2D eigenvalue weighted by Gasteiger charge is 1.97. The van der Waals surface area contributed by atoms with Gasteiger partial charge in [0, 0.05) is 19.3 Å². The molecule has 4 N–H and O–H groups in total. The quantitative estimate of drug-likeness (QED) is 0.570. The summed E-state index contributed by atoms with van der Waals surface area (Å²) in [5.41, 5.74) is 5.15. The number of nitriles is 1. The monoisotopic (exact) mass is 206 g/mol. The van der Waals surface area contributed by atoms with E-state index in [1.165, 1.54) is 12.3 Å². The molecule has 7 nitrogen and oxygen atoms in total. The Morgan fingerprint density at radius 3 is 3.07 bits per heavy atom. The van der Waals surface area contributed by atoms with Gasteiger partial charge in [0.15, 0.2) is 0 Å². The molecular weight excluding hydrogens is 196 g/mol. The summed E-state index contributed by atoms with van der Waals surface area (Å²) in [6.07, 6.45) is 1.48. The molecule has 0 atom stereocenters. The first-order chi connectivity index (χ1) is 7.22. The Hall–Kier alpha value is -2.36. The van der Waals surface area contributed by atoms with Crippen LogP contribution in [0.1, 0.15) is 5.69 Å². The average molecular weight is 206 g/mol. The first-order valence-corrected chi connectivity index (χ1v) is 4.22. The molecule has 1 heterocycles. The molecule has 0 bridgehead atoms. The fraction of sp³-hybridized carbons (Fsp3) is 0.250. The van der Waals surface area contributed by atoms with Gasteiger partial charge in [-0.05, 0) is 6.07 Å². The van der Waals surface area contributed by atoms with Crippen molar-refractivity contribution < 1.29 is 4.79 Å². The Labute approximate surface area is 86.3 Å². The molecule has 0 aliphatic carbocycles. The minimum Gasteiger partial charge on any atom is -0.352 e. The van der Waals surface area contributed by atoms with E-state index >= 15 is 0 Å². The predicted molar refractivity (Wildman–Crippen MR) is 52.8 cm³/mol. The lowest BCUT2D eigenvalue weighted by Gasteiger charge is -2.04. The molecule has 0 aliphatic rings. The number of hydrogen-bond donors (Lipinski definition) is 3. The van der Waals surface area contributed by atoms with E-state index in [4.69, 9.17) is 11.0 Å². The van der Waals surface area contributed by atoms with E-state index in [1.54, 1.807) is 0 Å². The molecular formula is C8H10N6O. The number of rotatable bonds is 4. The minimum atomic E-state index is -0.580. The third-order valence-corrected chi connectivity index (χ3v) is 1.48. The normalized spacial score (nSPS) is 9.00. The van der Waals surface area contributed by atoms with Crippen molar-refractivity contribution in [2.75, 3.05) is 18.4 Å². The van der Waals surface area contributed by atoms with Gasteiger partial charge in [0.1, 0.15) is 11.8 Å². The Balaban J connectivity index is 2.38. The number of primary amides is 1. The number of carbonyl (C=O) groups is 1. The number of carbonyl (C=O) groups excluding carboxylic acids is 1. The van der Waals surface area contributed by atoms with E-state index in [2.05, 4.69) is 20.6 Å². The Morgan fingerprint density at radius 2 is 2.40 bits per heavy atom. The van der Waals surface area contributed by atoms with Gasteiger partial charge < -0.3 is 16.4 Å². The van der Waals surface area contributed by atoms with Gasteiger partial charge in [-0.25, -0.2) is 14.8 Å². The molecule has 7 heteroatoms. The molecule has 0 fully saturated rings. The van der Waals surface area contributed by atoms with Crippen LogP contribution in [0.5, 0.6) is 0 Å². The maximum absolute atomic E-state index is 10.3. The third-order valence-electron chi connectivity index (χ3n) is 1.48. The van der Waals surface area contributed by atoms with Gasteiger partial charge in [-0.3, -0.25) is 0 Å². The number of nitrogens with one attached hydrogen (secondary N) is 2. The third kappa shape index (κ3) is 3.91. The van der Waals surface area contributed by atoms with E-state index in [0.717, 1.165) is 0 Å². The molecule has 0 unspecified atom stereocenters. The molecule has 1 aromatic rings. The van der Waals surface area contributed by atoms with Crippen LogP contribution in [-0.2, 0) is 0 Å². The zero-order chi connectivity index (χ0) is 11.1. The first kappa shape index (κ1) is 10.7. The maximum atomic E-state index is 10.3. The molecule has 78 valence electrons. The van der Waals surface area contributed by atoms with Crippen molar-refractivity contribution in [1.82, 2.24) is 15.3 Å². The van der Waals surface area contributed by atoms with Crippen molar-refractivity contribution in [2.45, 2.75) is 0 Å². The summed E-state index contributed by atoms with van der Waals surface area (Å²) >= 11 is 0. The fourth-order valence-corrected chi connectivity index (χ4v) is 0.866. The van der Waals surface area contributed by atoms with Crippen molar-refractivity contribution in [1.29, 1.82) is 5.26 Å². The van der Waals surface area contributed by atoms with Crippen LogP contribution in [-0.4, -0.2) is 29.1 Å². The second kappa shape index (κ2) is 5.39. The lowest BCUT2D eigenvalue weighted by atomic mass is 10.4. The second-order valence-electron chi connectivity index (χ2n) is 2.60. The van der Waals surface area contributed by atoms with Crippen LogP contribution in [0.4, 0.5) is 10.7 Å². The van der Waals surface area contributed by atoms with Gasteiger partial charge in [0.25, 0.3) is 0 Å². The number of aromatic nitrogens is 2. The van der Waals surface area contributed by atoms with Gasteiger partial charge in [0.05, 0.1) is 0 Å². The van der Waals surface area contributed by atoms with Crippen LogP contribution in [0, 0.1) is 11.3 Å². The van der Waals surface area contributed by atoms with E-state index < -0.39 is 6.03 Å². The van der Waals surface area contributed by atoms with Crippen LogP contribution in [0.2, 0.25) is 0 Å². The number of anilines is 1. The average Bonchev–Trinajstić information content (AvgIpc) is 2.24. The molecule has 0 saturated carbocycles. The molecule has 0 radical (unpaired) electrons. The van der Waals surface area contributed by atoms with E-state index in [-0.39, 0.29) is 5.69 Å². The summed E-state index contributed by atoms with van der Waals surface area (Å²) in [6, 6.07) is 2.82. The molecule has 0 spiro atoms. The van der Waals surface area contributed by atoms with Crippen LogP contribution >= 0.6 is 0 Å². The van der Waals surface area contributed by atoms with Crippen LogP contribution in [0.15, 0.2) is 12.3 Å². The molecule has 0 saturated heterocycles. The number of nitrogens with two attached hydrogens (primary N) is 1. The molecule has 0 aliphatic heterocycles. The largest absolute Gasteiger partial charge is 0.352 e. The summed E-state index contributed by atoms with van der Waals surface area (Å²) in [4.78, 5) is 18.1. The number of urea groups is 1. The van der Waals surface area contributed by atoms with Crippen molar-refractivity contribution in [3.63, 3.8) is 0 Å². The number of hydrogen-bond acceptors (Lipinski definition) is 5. The summed E-state index contributed by atoms with van der Waals surface area (Å²) in [5.74, 6) is 0.348. The van der Waals surface area contributed by atoms with Gasteiger partial charge in [-0.1, -0.05) is 0 Å².